The normalized spacial score (nSPS) is 15.0. The lowest BCUT2D eigenvalue weighted by molar-refractivity contribution is -0.384. The third-order valence-electron chi connectivity index (χ3n) is 4.28. The predicted octanol–water partition coefficient (Wildman–Crippen LogP) is 4.30. The number of nitro benzene ring substituents is 1. The Morgan fingerprint density at radius 1 is 1.20 bits per heavy atom. The lowest BCUT2D eigenvalue weighted by Gasteiger charge is -2.34. The first-order chi connectivity index (χ1) is 12.1. The number of non-ortho nitro benzene ring substituents is 1. The SMILES string of the molecule is COc1cccc(N2CCC(Oc3ccc([N+](=O)[O-])cc3Cl)CC2)c1. The fraction of sp³-hybridized carbons (Fsp3) is 0.333. The molecule has 0 saturated carbocycles. The Morgan fingerprint density at radius 3 is 2.60 bits per heavy atom. The summed E-state index contributed by atoms with van der Waals surface area (Å²) in [5.74, 6) is 1.33. The molecule has 2 aromatic rings. The van der Waals surface area contributed by atoms with Gasteiger partial charge in [0.05, 0.1) is 17.1 Å². The monoisotopic (exact) mass is 362 g/mol. The minimum atomic E-state index is -0.470. The number of rotatable bonds is 5. The molecule has 0 N–H and O–H groups in total. The number of methoxy groups -OCH3 is 1. The van der Waals surface area contributed by atoms with Crippen molar-refractivity contribution in [3.63, 3.8) is 0 Å². The second kappa shape index (κ2) is 7.61. The van der Waals surface area contributed by atoms with E-state index in [2.05, 4.69) is 11.0 Å². The molecular weight excluding hydrogens is 344 g/mol. The molecule has 1 saturated heterocycles. The highest BCUT2D eigenvalue weighted by Gasteiger charge is 2.22. The second-order valence-electron chi connectivity index (χ2n) is 5.88. The van der Waals surface area contributed by atoms with Gasteiger partial charge in [-0.3, -0.25) is 10.1 Å². The maximum Gasteiger partial charge on any atom is 0.271 e. The Kier molecular flexibility index (Phi) is 5.28. The maximum absolute atomic E-state index is 10.8. The van der Waals surface area contributed by atoms with Crippen molar-refractivity contribution in [3.05, 3.63) is 57.6 Å². The third-order valence-corrected chi connectivity index (χ3v) is 4.58. The topological polar surface area (TPSA) is 64.8 Å². The summed E-state index contributed by atoms with van der Waals surface area (Å²) >= 11 is 6.10. The van der Waals surface area contributed by atoms with Crippen molar-refractivity contribution >= 4 is 23.0 Å². The number of anilines is 1. The van der Waals surface area contributed by atoms with E-state index < -0.39 is 4.92 Å². The summed E-state index contributed by atoms with van der Waals surface area (Å²) < 4.78 is 11.2. The first-order valence-corrected chi connectivity index (χ1v) is 8.44. The van der Waals surface area contributed by atoms with Crippen molar-refractivity contribution < 1.29 is 14.4 Å². The first-order valence-electron chi connectivity index (χ1n) is 8.06. The van der Waals surface area contributed by atoms with Crippen molar-refractivity contribution in [1.82, 2.24) is 0 Å². The quantitative estimate of drug-likeness (QED) is 0.586. The van der Waals surface area contributed by atoms with E-state index in [1.54, 1.807) is 13.2 Å². The zero-order valence-corrected chi connectivity index (χ0v) is 14.6. The van der Waals surface area contributed by atoms with Crippen LogP contribution in [0.3, 0.4) is 0 Å². The van der Waals surface area contributed by atoms with Crippen LogP contribution in [0.15, 0.2) is 42.5 Å². The lowest BCUT2D eigenvalue weighted by atomic mass is 10.1. The molecule has 0 spiro atoms. The van der Waals surface area contributed by atoms with Gasteiger partial charge in [0.1, 0.15) is 17.6 Å². The van der Waals surface area contributed by atoms with Crippen LogP contribution in [0.5, 0.6) is 11.5 Å². The molecule has 3 rings (SSSR count). The van der Waals surface area contributed by atoms with Gasteiger partial charge in [-0.15, -0.1) is 0 Å². The van der Waals surface area contributed by atoms with Crippen LogP contribution < -0.4 is 14.4 Å². The van der Waals surface area contributed by atoms with Gasteiger partial charge in [-0.1, -0.05) is 17.7 Å². The number of nitro groups is 1. The summed E-state index contributed by atoms with van der Waals surface area (Å²) in [4.78, 5) is 12.6. The molecule has 0 unspecified atom stereocenters. The number of hydrogen-bond acceptors (Lipinski definition) is 5. The van der Waals surface area contributed by atoms with Gasteiger partial charge >= 0.3 is 0 Å². The van der Waals surface area contributed by atoms with Gasteiger partial charge in [0.25, 0.3) is 5.69 Å². The van der Waals surface area contributed by atoms with Crippen molar-refractivity contribution in [1.29, 1.82) is 0 Å². The Hall–Kier alpha value is -2.47. The smallest absolute Gasteiger partial charge is 0.271 e. The van der Waals surface area contributed by atoms with Crippen LogP contribution >= 0.6 is 11.6 Å². The number of hydrogen-bond donors (Lipinski definition) is 0. The number of piperidine rings is 1. The molecule has 0 bridgehead atoms. The molecule has 1 heterocycles. The maximum atomic E-state index is 10.8. The molecule has 7 heteroatoms. The highest BCUT2D eigenvalue weighted by Crippen LogP contribution is 2.31. The van der Waals surface area contributed by atoms with Crippen molar-refractivity contribution in [2.24, 2.45) is 0 Å². The van der Waals surface area contributed by atoms with E-state index in [1.165, 1.54) is 12.1 Å². The molecule has 0 aromatic heterocycles. The molecule has 1 aliphatic rings. The minimum Gasteiger partial charge on any atom is -0.497 e. The minimum absolute atomic E-state index is 0.0369. The van der Waals surface area contributed by atoms with E-state index in [0.717, 1.165) is 37.4 Å². The van der Waals surface area contributed by atoms with Gasteiger partial charge in [0.15, 0.2) is 0 Å². The van der Waals surface area contributed by atoms with Gasteiger partial charge < -0.3 is 14.4 Å². The van der Waals surface area contributed by atoms with Gasteiger partial charge in [0.2, 0.25) is 0 Å². The van der Waals surface area contributed by atoms with Gasteiger partial charge in [0, 0.05) is 49.8 Å². The van der Waals surface area contributed by atoms with E-state index in [9.17, 15) is 10.1 Å². The first kappa shape index (κ1) is 17.4. The van der Waals surface area contributed by atoms with Crippen molar-refractivity contribution in [2.75, 3.05) is 25.1 Å². The van der Waals surface area contributed by atoms with Gasteiger partial charge in [-0.25, -0.2) is 0 Å². The predicted molar refractivity (Wildman–Crippen MR) is 97.0 cm³/mol. The average molecular weight is 363 g/mol. The Bertz CT molecular complexity index is 760. The Balaban J connectivity index is 1.60. The summed E-state index contributed by atoms with van der Waals surface area (Å²) in [6.07, 6.45) is 1.75. The van der Waals surface area contributed by atoms with E-state index in [0.29, 0.717) is 5.75 Å². The van der Waals surface area contributed by atoms with Gasteiger partial charge in [-0.05, 0) is 18.2 Å². The Labute approximate surface area is 151 Å². The Morgan fingerprint density at radius 2 is 1.96 bits per heavy atom. The zero-order chi connectivity index (χ0) is 17.8. The summed E-state index contributed by atoms with van der Waals surface area (Å²) in [5.41, 5.74) is 1.09. The third kappa shape index (κ3) is 4.14. The van der Waals surface area contributed by atoms with Gasteiger partial charge in [-0.2, -0.15) is 0 Å². The molecule has 25 heavy (non-hydrogen) atoms. The highest BCUT2D eigenvalue weighted by molar-refractivity contribution is 6.32. The molecule has 6 nitrogen and oxygen atoms in total. The van der Waals surface area contributed by atoms with Crippen LogP contribution in [-0.2, 0) is 0 Å². The number of benzene rings is 2. The summed E-state index contributed by atoms with van der Waals surface area (Å²) in [6.45, 7) is 1.73. The summed E-state index contributed by atoms with van der Waals surface area (Å²) in [6, 6.07) is 12.3. The summed E-state index contributed by atoms with van der Waals surface area (Å²) in [5, 5.41) is 11.0. The largest absolute Gasteiger partial charge is 0.497 e. The van der Waals surface area contributed by atoms with Crippen LogP contribution in [0, 0.1) is 10.1 Å². The van der Waals surface area contributed by atoms with E-state index in [-0.39, 0.29) is 16.8 Å². The molecule has 1 fully saturated rings. The fourth-order valence-corrected chi connectivity index (χ4v) is 3.14. The highest BCUT2D eigenvalue weighted by atomic mass is 35.5. The van der Waals surface area contributed by atoms with E-state index in [1.807, 2.05) is 18.2 Å². The van der Waals surface area contributed by atoms with Crippen LogP contribution in [0.2, 0.25) is 5.02 Å². The molecule has 1 aliphatic heterocycles. The van der Waals surface area contributed by atoms with Crippen LogP contribution in [0.4, 0.5) is 11.4 Å². The van der Waals surface area contributed by atoms with Crippen LogP contribution in [0.25, 0.3) is 0 Å². The van der Waals surface area contributed by atoms with Crippen molar-refractivity contribution in [3.8, 4) is 11.5 Å². The number of nitrogens with zero attached hydrogens (tertiary/aromatic N) is 2. The van der Waals surface area contributed by atoms with Crippen molar-refractivity contribution in [2.45, 2.75) is 18.9 Å². The zero-order valence-electron chi connectivity index (χ0n) is 13.9. The fourth-order valence-electron chi connectivity index (χ4n) is 2.92. The molecular formula is C18H19ClN2O4. The van der Waals surface area contributed by atoms with Crippen LogP contribution in [0.1, 0.15) is 12.8 Å². The van der Waals surface area contributed by atoms with E-state index >= 15 is 0 Å². The number of ether oxygens (including phenoxy) is 2. The molecule has 0 atom stereocenters. The standard InChI is InChI=1S/C18H19ClN2O4/c1-24-16-4-2-3-13(11-16)20-9-7-15(8-10-20)25-18-6-5-14(21(22)23)12-17(18)19/h2-6,11-12,15H,7-10H2,1H3. The molecule has 132 valence electrons. The average Bonchev–Trinajstić information content (AvgIpc) is 2.64. The lowest BCUT2D eigenvalue weighted by Crippen LogP contribution is -2.38. The molecule has 0 amide bonds. The number of halogens is 1. The molecule has 0 aliphatic carbocycles. The summed E-state index contributed by atoms with van der Waals surface area (Å²) in [7, 11) is 1.66. The van der Waals surface area contributed by atoms with Crippen LogP contribution in [-0.4, -0.2) is 31.2 Å². The second-order valence-corrected chi connectivity index (χ2v) is 6.28. The molecule has 2 aromatic carbocycles. The van der Waals surface area contributed by atoms with E-state index in [4.69, 9.17) is 21.1 Å². The molecule has 0 radical (unpaired) electrons.